The molecule has 1 aliphatic heterocycles. The average Bonchev–Trinajstić information content (AvgIpc) is 2.50. The summed E-state index contributed by atoms with van der Waals surface area (Å²) in [6.07, 6.45) is 1.62. The maximum atomic E-state index is 12.6. The number of amides is 1. The van der Waals surface area contributed by atoms with Gasteiger partial charge in [0.1, 0.15) is 17.6 Å². The van der Waals surface area contributed by atoms with E-state index in [1.54, 1.807) is 24.3 Å². The molecule has 1 aromatic heterocycles. The Morgan fingerprint density at radius 2 is 2.04 bits per heavy atom. The fourth-order valence-electron chi connectivity index (χ4n) is 2.61. The highest BCUT2D eigenvalue weighted by molar-refractivity contribution is 5.97. The van der Waals surface area contributed by atoms with E-state index in [0.29, 0.717) is 24.4 Å². The zero-order chi connectivity index (χ0) is 16.4. The first-order valence-corrected chi connectivity index (χ1v) is 7.60. The second-order valence-electron chi connectivity index (χ2n) is 5.79. The Balaban J connectivity index is 1.63. The molecular formula is C18H20N2O3. The van der Waals surface area contributed by atoms with Gasteiger partial charge in [0.2, 0.25) is 0 Å². The molecule has 23 heavy (non-hydrogen) atoms. The summed E-state index contributed by atoms with van der Waals surface area (Å²) in [6, 6.07) is 9.70. The Morgan fingerprint density at radius 3 is 2.74 bits per heavy atom. The Kier molecular flexibility index (Phi) is 4.19. The van der Waals surface area contributed by atoms with Gasteiger partial charge in [-0.15, -0.1) is 0 Å². The number of rotatable bonds is 4. The number of aromatic nitrogens is 1. The molecule has 120 valence electrons. The van der Waals surface area contributed by atoms with E-state index in [2.05, 4.69) is 4.98 Å². The van der Waals surface area contributed by atoms with Crippen LogP contribution < -0.4 is 9.47 Å². The number of aryl methyl sites for hydroxylation is 2. The number of likely N-dealkylation sites (tertiary alicyclic amines) is 1. The van der Waals surface area contributed by atoms with Gasteiger partial charge in [-0.05, 0) is 37.6 Å². The molecule has 1 aliphatic rings. The normalized spacial score (nSPS) is 14.3. The number of carbonyl (C=O) groups is 1. The smallest absolute Gasteiger partial charge is 0.258 e. The van der Waals surface area contributed by atoms with Crippen molar-refractivity contribution in [1.82, 2.24) is 9.88 Å². The number of nitrogens with zero attached hydrogens (tertiary/aromatic N) is 2. The second kappa shape index (κ2) is 6.28. The van der Waals surface area contributed by atoms with E-state index in [9.17, 15) is 4.79 Å². The van der Waals surface area contributed by atoms with E-state index in [1.165, 1.54) is 0 Å². The monoisotopic (exact) mass is 312 g/mol. The van der Waals surface area contributed by atoms with E-state index >= 15 is 0 Å². The van der Waals surface area contributed by atoms with Crippen molar-refractivity contribution in [2.45, 2.75) is 20.0 Å². The topological polar surface area (TPSA) is 51.7 Å². The van der Waals surface area contributed by atoms with Crippen molar-refractivity contribution in [1.29, 1.82) is 0 Å². The zero-order valence-electron chi connectivity index (χ0n) is 13.6. The first kappa shape index (κ1) is 15.3. The molecule has 2 aromatic rings. The van der Waals surface area contributed by atoms with Crippen molar-refractivity contribution >= 4 is 5.91 Å². The van der Waals surface area contributed by atoms with Gasteiger partial charge >= 0.3 is 0 Å². The molecule has 0 N–H and O–H groups in total. The fourth-order valence-corrected chi connectivity index (χ4v) is 2.61. The molecule has 1 fully saturated rings. The van der Waals surface area contributed by atoms with Crippen molar-refractivity contribution in [3.05, 3.63) is 53.3 Å². The summed E-state index contributed by atoms with van der Waals surface area (Å²) >= 11 is 0. The highest BCUT2D eigenvalue weighted by atomic mass is 16.5. The third kappa shape index (κ3) is 3.28. The maximum absolute atomic E-state index is 12.6. The molecule has 1 saturated heterocycles. The summed E-state index contributed by atoms with van der Waals surface area (Å²) in [4.78, 5) is 18.5. The van der Waals surface area contributed by atoms with Gasteiger partial charge in [-0.3, -0.25) is 9.78 Å². The highest BCUT2D eigenvalue weighted by Crippen LogP contribution is 2.24. The van der Waals surface area contributed by atoms with E-state index in [4.69, 9.17) is 9.47 Å². The number of hydrogen-bond donors (Lipinski definition) is 0. The standard InChI is InChI=1S/C18H20N2O3/c1-12-5-4-6-14(7-12)23-15-10-20(11-15)18(21)16-8-13(2)19-9-17(16)22-3/h4-9,15H,10-11H2,1-3H3. The van der Waals surface area contributed by atoms with Gasteiger partial charge in [0.05, 0.1) is 32.0 Å². The van der Waals surface area contributed by atoms with Crippen LogP contribution in [0.4, 0.5) is 0 Å². The van der Waals surface area contributed by atoms with Crippen molar-refractivity contribution in [3.8, 4) is 11.5 Å². The number of methoxy groups -OCH3 is 1. The highest BCUT2D eigenvalue weighted by Gasteiger charge is 2.34. The lowest BCUT2D eigenvalue weighted by Crippen LogP contribution is -2.56. The van der Waals surface area contributed by atoms with Crippen molar-refractivity contribution in [2.75, 3.05) is 20.2 Å². The number of ether oxygens (including phenoxy) is 2. The molecule has 0 bridgehead atoms. The molecule has 0 saturated carbocycles. The number of benzene rings is 1. The van der Waals surface area contributed by atoms with Crippen LogP contribution in [0.3, 0.4) is 0 Å². The summed E-state index contributed by atoms with van der Waals surface area (Å²) in [5.74, 6) is 1.31. The largest absolute Gasteiger partial charge is 0.494 e. The number of hydrogen-bond acceptors (Lipinski definition) is 4. The van der Waals surface area contributed by atoms with Gasteiger partial charge in [0.25, 0.3) is 5.91 Å². The predicted octanol–water partition coefficient (Wildman–Crippen LogP) is 2.61. The lowest BCUT2D eigenvalue weighted by atomic mass is 10.1. The molecule has 5 heteroatoms. The van der Waals surface area contributed by atoms with Crippen LogP contribution in [-0.4, -0.2) is 42.1 Å². The lowest BCUT2D eigenvalue weighted by Gasteiger charge is -2.39. The van der Waals surface area contributed by atoms with Crippen LogP contribution in [0, 0.1) is 13.8 Å². The van der Waals surface area contributed by atoms with Crippen LogP contribution in [-0.2, 0) is 0 Å². The van der Waals surface area contributed by atoms with Gasteiger partial charge in [-0.1, -0.05) is 12.1 Å². The van der Waals surface area contributed by atoms with Crippen LogP contribution in [0.15, 0.2) is 36.5 Å². The van der Waals surface area contributed by atoms with E-state index in [-0.39, 0.29) is 12.0 Å². The van der Waals surface area contributed by atoms with Gasteiger partial charge < -0.3 is 14.4 Å². The Labute approximate surface area is 135 Å². The molecule has 1 amide bonds. The SMILES string of the molecule is COc1cnc(C)cc1C(=O)N1CC(Oc2cccc(C)c2)C1. The molecule has 0 atom stereocenters. The maximum Gasteiger partial charge on any atom is 0.258 e. The quantitative estimate of drug-likeness (QED) is 0.871. The Bertz CT molecular complexity index is 724. The minimum absolute atomic E-state index is 0.0367. The zero-order valence-corrected chi connectivity index (χ0v) is 13.6. The molecule has 0 aliphatic carbocycles. The van der Waals surface area contributed by atoms with Crippen molar-refractivity contribution in [3.63, 3.8) is 0 Å². The molecular weight excluding hydrogens is 292 g/mol. The first-order chi connectivity index (χ1) is 11.1. The molecule has 0 unspecified atom stereocenters. The predicted molar refractivity (Wildman–Crippen MR) is 87.0 cm³/mol. The van der Waals surface area contributed by atoms with Gasteiger partial charge in [-0.25, -0.2) is 0 Å². The summed E-state index contributed by atoms with van der Waals surface area (Å²) in [5, 5.41) is 0. The molecule has 0 radical (unpaired) electrons. The van der Waals surface area contributed by atoms with E-state index in [1.807, 2.05) is 38.1 Å². The van der Waals surface area contributed by atoms with E-state index < -0.39 is 0 Å². The molecule has 5 nitrogen and oxygen atoms in total. The molecule has 3 rings (SSSR count). The van der Waals surface area contributed by atoms with Crippen LogP contribution in [0.1, 0.15) is 21.6 Å². The van der Waals surface area contributed by atoms with E-state index in [0.717, 1.165) is 17.0 Å². The minimum Gasteiger partial charge on any atom is -0.494 e. The fraction of sp³-hybridized carbons (Fsp3) is 0.333. The molecule has 0 spiro atoms. The molecule has 2 heterocycles. The van der Waals surface area contributed by atoms with Gasteiger partial charge in [-0.2, -0.15) is 0 Å². The van der Waals surface area contributed by atoms with Crippen LogP contribution >= 0.6 is 0 Å². The van der Waals surface area contributed by atoms with Crippen molar-refractivity contribution in [2.24, 2.45) is 0 Å². The first-order valence-electron chi connectivity index (χ1n) is 7.60. The summed E-state index contributed by atoms with van der Waals surface area (Å²) in [7, 11) is 1.54. The minimum atomic E-state index is -0.0450. The summed E-state index contributed by atoms with van der Waals surface area (Å²) < 4.78 is 11.1. The van der Waals surface area contributed by atoms with Gasteiger partial charge in [0, 0.05) is 5.69 Å². The average molecular weight is 312 g/mol. The molecule has 1 aromatic carbocycles. The summed E-state index contributed by atoms with van der Waals surface area (Å²) in [6.45, 7) is 5.05. The van der Waals surface area contributed by atoms with Crippen molar-refractivity contribution < 1.29 is 14.3 Å². The Hall–Kier alpha value is -2.56. The number of carbonyl (C=O) groups excluding carboxylic acids is 1. The number of pyridine rings is 1. The van der Waals surface area contributed by atoms with Crippen LogP contribution in [0.5, 0.6) is 11.5 Å². The Morgan fingerprint density at radius 1 is 1.26 bits per heavy atom. The van der Waals surface area contributed by atoms with Crippen LogP contribution in [0.25, 0.3) is 0 Å². The van der Waals surface area contributed by atoms with Gasteiger partial charge in [0.15, 0.2) is 0 Å². The third-order valence-corrected chi connectivity index (χ3v) is 3.88. The van der Waals surface area contributed by atoms with Crippen LogP contribution in [0.2, 0.25) is 0 Å². The summed E-state index contributed by atoms with van der Waals surface area (Å²) in [5.41, 5.74) is 2.50. The third-order valence-electron chi connectivity index (χ3n) is 3.88. The lowest BCUT2D eigenvalue weighted by molar-refractivity contribution is 0.0175. The second-order valence-corrected chi connectivity index (χ2v) is 5.79.